The zero-order chi connectivity index (χ0) is 20.8. The van der Waals surface area contributed by atoms with Crippen molar-refractivity contribution >= 4 is 10.8 Å². The van der Waals surface area contributed by atoms with E-state index in [0.717, 1.165) is 23.3 Å². The molecule has 30 heavy (non-hydrogen) atoms. The highest BCUT2D eigenvalue weighted by Gasteiger charge is 2.00. The highest BCUT2D eigenvalue weighted by Crippen LogP contribution is 2.23. The summed E-state index contributed by atoms with van der Waals surface area (Å²) in [5, 5.41) is 2.53. The summed E-state index contributed by atoms with van der Waals surface area (Å²) in [6.07, 6.45) is 2.30. The van der Waals surface area contributed by atoms with E-state index >= 15 is 0 Å². The fourth-order valence-electron chi connectivity index (χ4n) is 3.62. The molecule has 4 rings (SSSR count). The summed E-state index contributed by atoms with van der Waals surface area (Å²) in [7, 11) is 0. The smallest absolute Gasteiger partial charge is 0.119 e. The lowest BCUT2D eigenvalue weighted by Gasteiger charge is -2.05. The molecule has 4 aromatic rings. The van der Waals surface area contributed by atoms with Crippen LogP contribution in [0.5, 0.6) is 5.75 Å². The number of hydrogen-bond donors (Lipinski definition) is 0. The lowest BCUT2D eigenvalue weighted by molar-refractivity contribution is 0.340. The molecule has 0 aliphatic heterocycles. The van der Waals surface area contributed by atoms with Gasteiger partial charge in [0.15, 0.2) is 0 Å². The van der Waals surface area contributed by atoms with Gasteiger partial charge < -0.3 is 4.74 Å². The molecule has 0 spiro atoms. The summed E-state index contributed by atoms with van der Waals surface area (Å²) in [5.41, 5.74) is 5.81. The van der Waals surface area contributed by atoms with Gasteiger partial charge in [0, 0.05) is 11.1 Å². The second kappa shape index (κ2) is 9.33. The first-order chi connectivity index (χ1) is 14.7. The fraction of sp³-hybridized carbons (Fsp3) is 0.172. The lowest BCUT2D eigenvalue weighted by Crippen LogP contribution is -1.90. The number of ether oxygens (including phenoxy) is 1. The maximum absolute atomic E-state index is 5.51. The summed E-state index contributed by atoms with van der Waals surface area (Å²) in [6, 6.07) is 29.8. The second-order valence-corrected chi connectivity index (χ2v) is 7.43. The van der Waals surface area contributed by atoms with E-state index < -0.39 is 0 Å². The van der Waals surface area contributed by atoms with Gasteiger partial charge in [0.1, 0.15) is 5.75 Å². The quantitative estimate of drug-likeness (QED) is 0.326. The van der Waals surface area contributed by atoms with Gasteiger partial charge in [-0.3, -0.25) is 0 Å². The number of fused-ring (bicyclic) bond motifs is 1. The maximum atomic E-state index is 5.51. The second-order valence-electron chi connectivity index (χ2n) is 7.43. The van der Waals surface area contributed by atoms with Crippen molar-refractivity contribution in [3.63, 3.8) is 0 Å². The van der Waals surface area contributed by atoms with Crippen LogP contribution >= 0.6 is 0 Å². The van der Waals surface area contributed by atoms with Crippen LogP contribution in [0.25, 0.3) is 21.9 Å². The Balaban J connectivity index is 1.50. The Labute approximate surface area is 179 Å². The zero-order valence-corrected chi connectivity index (χ0v) is 17.6. The minimum Gasteiger partial charge on any atom is -0.494 e. The van der Waals surface area contributed by atoms with E-state index in [9.17, 15) is 0 Å². The highest BCUT2D eigenvalue weighted by atomic mass is 16.5. The zero-order valence-electron chi connectivity index (χ0n) is 17.6. The van der Waals surface area contributed by atoms with Crippen molar-refractivity contribution in [3.05, 3.63) is 102 Å². The van der Waals surface area contributed by atoms with Crippen molar-refractivity contribution in [1.82, 2.24) is 0 Å². The monoisotopic (exact) mass is 390 g/mol. The first kappa shape index (κ1) is 19.8. The minimum atomic E-state index is 0.684. The molecule has 0 bridgehead atoms. The van der Waals surface area contributed by atoms with Gasteiger partial charge in [0.2, 0.25) is 0 Å². The van der Waals surface area contributed by atoms with Crippen LogP contribution in [0.15, 0.2) is 84.9 Å². The average molecular weight is 391 g/mol. The Bertz CT molecular complexity index is 1190. The number of benzene rings is 4. The Kier molecular flexibility index (Phi) is 6.16. The first-order valence-electron chi connectivity index (χ1n) is 10.6. The van der Waals surface area contributed by atoms with Gasteiger partial charge in [-0.05, 0) is 77.2 Å². The highest BCUT2D eigenvalue weighted by molar-refractivity contribution is 5.84. The van der Waals surface area contributed by atoms with Crippen LogP contribution in [0.4, 0.5) is 0 Å². The number of rotatable bonds is 5. The lowest BCUT2D eigenvalue weighted by atomic mass is 10.0. The summed E-state index contributed by atoms with van der Waals surface area (Å²) in [5.74, 6) is 7.50. The Morgan fingerprint density at radius 3 is 1.93 bits per heavy atom. The van der Waals surface area contributed by atoms with Gasteiger partial charge in [0.05, 0.1) is 6.61 Å². The molecule has 1 heteroatoms. The first-order valence-corrected chi connectivity index (χ1v) is 10.6. The van der Waals surface area contributed by atoms with Crippen molar-refractivity contribution in [2.24, 2.45) is 0 Å². The van der Waals surface area contributed by atoms with Crippen LogP contribution in [0.2, 0.25) is 0 Å². The van der Waals surface area contributed by atoms with Gasteiger partial charge in [-0.2, -0.15) is 0 Å². The van der Waals surface area contributed by atoms with Crippen LogP contribution in [-0.4, -0.2) is 6.61 Å². The van der Waals surface area contributed by atoms with Crippen molar-refractivity contribution in [3.8, 4) is 28.7 Å². The Morgan fingerprint density at radius 2 is 1.23 bits per heavy atom. The molecule has 0 fully saturated rings. The Hall–Kier alpha value is -3.50. The van der Waals surface area contributed by atoms with Gasteiger partial charge in [0.25, 0.3) is 0 Å². The number of aryl methyl sites for hydroxylation is 1. The van der Waals surface area contributed by atoms with E-state index in [2.05, 4.69) is 91.6 Å². The van der Waals surface area contributed by atoms with Crippen molar-refractivity contribution in [1.29, 1.82) is 0 Å². The average Bonchev–Trinajstić information content (AvgIpc) is 2.79. The van der Waals surface area contributed by atoms with Crippen LogP contribution < -0.4 is 4.74 Å². The molecular formula is C29H26O. The van der Waals surface area contributed by atoms with Gasteiger partial charge >= 0.3 is 0 Å². The third-order valence-corrected chi connectivity index (χ3v) is 5.18. The normalized spacial score (nSPS) is 10.5. The van der Waals surface area contributed by atoms with Crippen LogP contribution in [0, 0.1) is 11.8 Å². The van der Waals surface area contributed by atoms with E-state index in [1.54, 1.807) is 0 Å². The standard InChI is InChI=1S/C29H26O/c1-3-5-23-10-14-28-21-24(11-15-27(28)20-23)7-6-22-8-12-25(13-9-22)26-16-18-29(19-17-26)30-4-2/h8-21H,3-5H2,1-2H3. The van der Waals surface area contributed by atoms with E-state index in [1.807, 2.05) is 19.1 Å². The molecule has 0 heterocycles. The molecule has 148 valence electrons. The molecule has 0 radical (unpaired) electrons. The molecule has 0 aliphatic rings. The third kappa shape index (κ3) is 4.73. The van der Waals surface area contributed by atoms with Crippen molar-refractivity contribution in [2.45, 2.75) is 26.7 Å². The molecule has 0 atom stereocenters. The van der Waals surface area contributed by atoms with E-state index in [4.69, 9.17) is 4.74 Å². The molecule has 4 aromatic carbocycles. The summed E-state index contributed by atoms with van der Waals surface area (Å²) in [6.45, 7) is 4.90. The van der Waals surface area contributed by atoms with E-state index in [-0.39, 0.29) is 0 Å². The SMILES string of the molecule is CCCc1ccc2cc(C#Cc3ccc(-c4ccc(OCC)cc4)cc3)ccc2c1. The molecule has 0 saturated heterocycles. The molecular weight excluding hydrogens is 364 g/mol. The summed E-state index contributed by atoms with van der Waals surface area (Å²) >= 11 is 0. The molecule has 0 aliphatic carbocycles. The maximum Gasteiger partial charge on any atom is 0.119 e. The van der Waals surface area contributed by atoms with Gasteiger partial charge in [-0.1, -0.05) is 73.7 Å². The Morgan fingerprint density at radius 1 is 0.633 bits per heavy atom. The van der Waals surface area contributed by atoms with Crippen molar-refractivity contribution < 1.29 is 4.74 Å². The van der Waals surface area contributed by atoms with Crippen LogP contribution in [0.3, 0.4) is 0 Å². The van der Waals surface area contributed by atoms with Gasteiger partial charge in [-0.15, -0.1) is 0 Å². The molecule has 1 nitrogen and oxygen atoms in total. The van der Waals surface area contributed by atoms with E-state index in [0.29, 0.717) is 6.61 Å². The molecule has 0 unspecified atom stereocenters. The minimum absolute atomic E-state index is 0.684. The predicted molar refractivity (Wildman–Crippen MR) is 127 cm³/mol. The van der Waals surface area contributed by atoms with Crippen LogP contribution in [0.1, 0.15) is 37.0 Å². The number of hydrogen-bond acceptors (Lipinski definition) is 1. The van der Waals surface area contributed by atoms with Crippen molar-refractivity contribution in [2.75, 3.05) is 6.61 Å². The van der Waals surface area contributed by atoms with Crippen LogP contribution in [-0.2, 0) is 6.42 Å². The fourth-order valence-corrected chi connectivity index (χ4v) is 3.62. The van der Waals surface area contributed by atoms with E-state index in [1.165, 1.54) is 33.9 Å². The third-order valence-electron chi connectivity index (χ3n) is 5.18. The molecule has 0 saturated carbocycles. The molecule has 0 aromatic heterocycles. The largest absolute Gasteiger partial charge is 0.494 e. The van der Waals surface area contributed by atoms with Gasteiger partial charge in [-0.25, -0.2) is 0 Å². The topological polar surface area (TPSA) is 9.23 Å². The summed E-state index contributed by atoms with van der Waals surface area (Å²) < 4.78 is 5.51. The predicted octanol–water partition coefficient (Wildman–Crippen LogP) is 7.26. The summed E-state index contributed by atoms with van der Waals surface area (Å²) in [4.78, 5) is 0. The molecule has 0 amide bonds. The molecule has 0 N–H and O–H groups in total.